The van der Waals surface area contributed by atoms with E-state index >= 15 is 0 Å². The van der Waals surface area contributed by atoms with Gasteiger partial charge in [-0.3, -0.25) is 9.78 Å². The first-order valence-electron chi connectivity index (χ1n) is 9.26. The third-order valence-electron chi connectivity index (χ3n) is 4.42. The smallest absolute Gasteiger partial charge is 0.274 e. The monoisotopic (exact) mass is 371 g/mol. The van der Waals surface area contributed by atoms with Crippen molar-refractivity contribution >= 4 is 16.7 Å². The Bertz CT molecular complexity index is 1020. The van der Waals surface area contributed by atoms with E-state index in [-0.39, 0.29) is 23.3 Å². The molecule has 3 aromatic rings. The van der Waals surface area contributed by atoms with Gasteiger partial charge in [-0.25, -0.2) is 9.37 Å². The minimum atomic E-state index is -0.470. The summed E-state index contributed by atoms with van der Waals surface area (Å²) in [5, 5.41) is 0. The minimum Gasteiger partial charge on any atom is -0.394 e. The lowest BCUT2D eigenvalue weighted by molar-refractivity contribution is 0.585. The van der Waals surface area contributed by atoms with Crippen molar-refractivity contribution in [3.63, 3.8) is 0 Å². The summed E-state index contributed by atoms with van der Waals surface area (Å²) in [6, 6.07) is 3.51. The first kappa shape index (κ1) is 19.1. The second-order valence-electron chi connectivity index (χ2n) is 7.83. The van der Waals surface area contributed by atoms with E-state index in [0.29, 0.717) is 23.2 Å². The maximum atomic E-state index is 14.2. The number of nitrogens with zero attached hydrogens (tertiary/aromatic N) is 3. The highest BCUT2D eigenvalue weighted by molar-refractivity contribution is 5.77. The Balaban J connectivity index is 2.06. The molecule has 0 unspecified atom stereocenters. The number of H-pyrrole nitrogens is 1. The van der Waals surface area contributed by atoms with Gasteiger partial charge >= 0.3 is 0 Å². The molecule has 0 saturated carbocycles. The molecule has 0 bridgehead atoms. The number of aromatic nitrogens is 4. The van der Waals surface area contributed by atoms with Crippen LogP contribution in [-0.2, 0) is 19.4 Å². The first-order valence-corrected chi connectivity index (χ1v) is 9.26. The highest BCUT2D eigenvalue weighted by Gasteiger charge is 2.16. The number of rotatable bonds is 6. The summed E-state index contributed by atoms with van der Waals surface area (Å²) in [4.78, 5) is 24.4. The van der Waals surface area contributed by atoms with Crippen LogP contribution < -0.4 is 11.3 Å². The van der Waals surface area contributed by atoms with Crippen LogP contribution >= 0.6 is 0 Å². The molecule has 0 aromatic carbocycles. The zero-order chi connectivity index (χ0) is 19.7. The summed E-state index contributed by atoms with van der Waals surface area (Å²) < 4.78 is 15.8. The molecule has 0 spiro atoms. The van der Waals surface area contributed by atoms with Crippen LogP contribution in [0.2, 0.25) is 0 Å². The van der Waals surface area contributed by atoms with Crippen molar-refractivity contribution in [1.82, 2.24) is 19.5 Å². The van der Waals surface area contributed by atoms with Crippen LogP contribution in [0.25, 0.3) is 11.0 Å². The largest absolute Gasteiger partial charge is 0.394 e. The maximum absolute atomic E-state index is 14.2. The van der Waals surface area contributed by atoms with Crippen LogP contribution in [0.1, 0.15) is 44.9 Å². The Morgan fingerprint density at radius 3 is 2.56 bits per heavy atom. The standard InChI is InChI=1S/C20H26FN5O/c1-11(2)7-13-5-6-15(22)20(27)26(13)10-17-24-18-14(21)9-23-16(8-12(3)4)19(18)25-17/h5-6,9,11-12H,7-8,10,22H2,1-4H3,(H,24,25). The molecule has 0 saturated heterocycles. The minimum absolute atomic E-state index is 0.187. The van der Waals surface area contributed by atoms with E-state index in [1.54, 1.807) is 10.6 Å². The second-order valence-corrected chi connectivity index (χ2v) is 7.83. The van der Waals surface area contributed by atoms with Gasteiger partial charge < -0.3 is 15.3 Å². The van der Waals surface area contributed by atoms with E-state index in [0.717, 1.165) is 24.2 Å². The second kappa shape index (κ2) is 7.50. The summed E-state index contributed by atoms with van der Waals surface area (Å²) in [6.07, 6.45) is 2.67. The average molecular weight is 371 g/mol. The molecule has 0 radical (unpaired) electrons. The van der Waals surface area contributed by atoms with Crippen molar-refractivity contribution in [3.8, 4) is 0 Å². The van der Waals surface area contributed by atoms with Gasteiger partial charge in [-0.2, -0.15) is 0 Å². The van der Waals surface area contributed by atoms with Crippen LogP contribution in [0.5, 0.6) is 0 Å². The fourth-order valence-electron chi connectivity index (χ4n) is 3.23. The summed E-state index contributed by atoms with van der Waals surface area (Å²) in [6.45, 7) is 8.55. The number of halogens is 1. The van der Waals surface area contributed by atoms with Crippen molar-refractivity contribution in [2.24, 2.45) is 11.8 Å². The number of pyridine rings is 2. The average Bonchev–Trinajstić information content (AvgIpc) is 3.01. The van der Waals surface area contributed by atoms with E-state index in [9.17, 15) is 9.18 Å². The Morgan fingerprint density at radius 1 is 1.19 bits per heavy atom. The lowest BCUT2D eigenvalue weighted by Crippen LogP contribution is -2.27. The number of nitrogen functional groups attached to an aromatic ring is 1. The molecule has 3 N–H and O–H groups in total. The van der Waals surface area contributed by atoms with Gasteiger partial charge in [0, 0.05) is 5.69 Å². The molecule has 0 aliphatic rings. The Labute approximate surface area is 157 Å². The normalized spacial score (nSPS) is 11.8. The van der Waals surface area contributed by atoms with Crippen LogP contribution in [-0.4, -0.2) is 19.5 Å². The van der Waals surface area contributed by atoms with E-state index in [1.165, 1.54) is 6.20 Å². The molecular weight excluding hydrogens is 345 g/mol. The number of nitrogens with two attached hydrogens (primary N) is 1. The van der Waals surface area contributed by atoms with Gasteiger partial charge in [0.1, 0.15) is 11.3 Å². The number of hydrogen-bond acceptors (Lipinski definition) is 4. The van der Waals surface area contributed by atoms with Crippen LogP contribution in [0.4, 0.5) is 10.1 Å². The molecule has 3 heterocycles. The lowest BCUT2D eigenvalue weighted by atomic mass is 10.1. The Hall–Kier alpha value is -2.70. The number of imidazole rings is 1. The summed E-state index contributed by atoms with van der Waals surface area (Å²) >= 11 is 0. The molecule has 0 aliphatic carbocycles. The molecule has 27 heavy (non-hydrogen) atoms. The number of fused-ring (bicyclic) bond motifs is 1. The molecular formula is C20H26FN5O. The number of hydrogen-bond donors (Lipinski definition) is 2. The summed E-state index contributed by atoms with van der Waals surface area (Å²) in [7, 11) is 0. The molecule has 6 nitrogen and oxygen atoms in total. The van der Waals surface area contributed by atoms with Crippen molar-refractivity contribution < 1.29 is 4.39 Å². The molecule has 0 atom stereocenters. The van der Waals surface area contributed by atoms with Gasteiger partial charge in [0.2, 0.25) is 0 Å². The summed E-state index contributed by atoms with van der Waals surface area (Å²) in [5.41, 5.74) is 8.27. The SMILES string of the molecule is CC(C)Cc1ncc(F)c2nc(Cn3c(CC(C)C)ccc(N)c3=O)[nH]c12. The van der Waals surface area contributed by atoms with Gasteiger partial charge in [-0.05, 0) is 36.8 Å². The zero-order valence-electron chi connectivity index (χ0n) is 16.2. The fourth-order valence-corrected chi connectivity index (χ4v) is 3.23. The van der Waals surface area contributed by atoms with Gasteiger partial charge in [-0.15, -0.1) is 0 Å². The fraction of sp³-hybridized carbons (Fsp3) is 0.450. The third kappa shape index (κ3) is 4.02. The van der Waals surface area contributed by atoms with Gasteiger partial charge in [0.25, 0.3) is 5.56 Å². The van der Waals surface area contributed by atoms with Gasteiger partial charge in [0.05, 0.1) is 29.6 Å². The van der Waals surface area contributed by atoms with Crippen molar-refractivity contribution in [1.29, 1.82) is 0 Å². The van der Waals surface area contributed by atoms with Crippen LogP contribution in [0.3, 0.4) is 0 Å². The predicted molar refractivity (Wildman–Crippen MR) is 105 cm³/mol. The number of nitrogens with one attached hydrogen (secondary N) is 1. The zero-order valence-corrected chi connectivity index (χ0v) is 16.2. The molecule has 7 heteroatoms. The summed E-state index contributed by atoms with van der Waals surface area (Å²) in [5.74, 6) is 0.809. The topological polar surface area (TPSA) is 89.6 Å². The third-order valence-corrected chi connectivity index (χ3v) is 4.42. The van der Waals surface area contributed by atoms with Crippen molar-refractivity contribution in [2.45, 2.75) is 47.1 Å². The number of anilines is 1. The van der Waals surface area contributed by atoms with Crippen molar-refractivity contribution in [2.75, 3.05) is 5.73 Å². The molecule has 3 rings (SSSR count). The molecule has 0 amide bonds. The molecule has 144 valence electrons. The first-order chi connectivity index (χ1) is 12.8. The lowest BCUT2D eigenvalue weighted by Gasteiger charge is -2.14. The molecule has 0 fully saturated rings. The van der Waals surface area contributed by atoms with Crippen LogP contribution in [0, 0.1) is 17.7 Å². The predicted octanol–water partition coefficient (Wildman–Crippen LogP) is 3.29. The van der Waals surface area contributed by atoms with Crippen LogP contribution in [0.15, 0.2) is 23.1 Å². The Kier molecular flexibility index (Phi) is 5.30. The van der Waals surface area contributed by atoms with E-state index < -0.39 is 5.82 Å². The highest BCUT2D eigenvalue weighted by Crippen LogP contribution is 2.21. The van der Waals surface area contributed by atoms with Crippen molar-refractivity contribution in [3.05, 3.63) is 51.7 Å². The molecule has 3 aromatic heterocycles. The molecule has 0 aliphatic heterocycles. The maximum Gasteiger partial charge on any atom is 0.274 e. The van der Waals surface area contributed by atoms with E-state index in [4.69, 9.17) is 5.73 Å². The highest BCUT2D eigenvalue weighted by atomic mass is 19.1. The quantitative estimate of drug-likeness (QED) is 0.696. The number of aromatic amines is 1. The Morgan fingerprint density at radius 2 is 1.89 bits per heavy atom. The van der Waals surface area contributed by atoms with Gasteiger partial charge in [0.15, 0.2) is 5.82 Å². The van der Waals surface area contributed by atoms with E-state index in [2.05, 4.69) is 42.6 Å². The van der Waals surface area contributed by atoms with E-state index in [1.807, 2.05) is 6.07 Å². The van der Waals surface area contributed by atoms with Gasteiger partial charge in [-0.1, -0.05) is 27.7 Å².